The minimum Gasteiger partial charge on any atom is -0.256 e. The molecule has 0 spiro atoms. The highest BCUT2D eigenvalue weighted by molar-refractivity contribution is 6.13. The van der Waals surface area contributed by atoms with Gasteiger partial charge in [0.05, 0.1) is 27.6 Å². The fourth-order valence-corrected chi connectivity index (χ4v) is 5.54. The highest BCUT2D eigenvalue weighted by atomic mass is 14.8. The van der Waals surface area contributed by atoms with E-state index in [0.717, 1.165) is 39.4 Å². The average Bonchev–Trinajstić information content (AvgIpc) is 2.87. The third-order valence-electron chi connectivity index (χ3n) is 7.06. The molecule has 152 valence electrons. The first kappa shape index (κ1) is 17.2. The molecule has 8 rings (SSSR count). The van der Waals surface area contributed by atoms with Crippen molar-refractivity contribution in [1.82, 2.24) is 15.0 Å². The van der Waals surface area contributed by atoms with E-state index in [4.69, 9.17) is 15.0 Å². The van der Waals surface area contributed by atoms with E-state index in [1.54, 1.807) is 0 Å². The Bertz CT molecular complexity index is 1950. The number of rotatable bonds is 0. The predicted molar refractivity (Wildman–Crippen MR) is 136 cm³/mol. The first-order valence-electron chi connectivity index (χ1n) is 11.3. The molecule has 5 aromatic carbocycles. The number of hydrogen-bond donors (Lipinski definition) is 0. The van der Waals surface area contributed by atoms with Crippen molar-refractivity contribution in [2.45, 2.75) is 6.42 Å². The summed E-state index contributed by atoms with van der Waals surface area (Å²) in [5, 5.41) is 6.00. The fraction of sp³-hybridized carbons (Fsp3) is 0.0333. The second-order valence-corrected chi connectivity index (χ2v) is 8.89. The standard InChI is InChI=1S/C30H17N3/c1-2-6-18-14-23-20(13-17(18)5-1)9-10-25-29(23)33-27-16-26-28-22(11-12-31-26)21-8-4-3-7-19(21)15-24(28)30(27)32-25/h1-14,16H,15H2. The molecule has 2 aromatic heterocycles. The molecular formula is C30H17N3. The Balaban J connectivity index is 1.52. The molecule has 0 amide bonds. The van der Waals surface area contributed by atoms with Crippen molar-refractivity contribution in [2.24, 2.45) is 0 Å². The molecule has 2 heterocycles. The molecule has 0 saturated heterocycles. The molecule has 3 heteroatoms. The lowest BCUT2D eigenvalue weighted by Crippen LogP contribution is -2.04. The van der Waals surface area contributed by atoms with Crippen LogP contribution >= 0.6 is 0 Å². The second-order valence-electron chi connectivity index (χ2n) is 8.89. The van der Waals surface area contributed by atoms with Crippen LogP contribution in [0.25, 0.3) is 65.6 Å². The van der Waals surface area contributed by atoms with E-state index in [9.17, 15) is 0 Å². The van der Waals surface area contributed by atoms with Crippen molar-refractivity contribution in [2.75, 3.05) is 0 Å². The number of aromatic nitrogens is 3. The Kier molecular flexibility index (Phi) is 3.19. The van der Waals surface area contributed by atoms with Crippen molar-refractivity contribution in [3.8, 4) is 11.1 Å². The average molecular weight is 419 g/mol. The summed E-state index contributed by atoms with van der Waals surface area (Å²) in [6.45, 7) is 0. The molecule has 1 aliphatic carbocycles. The zero-order valence-corrected chi connectivity index (χ0v) is 17.7. The lowest BCUT2D eigenvalue weighted by Gasteiger charge is -2.21. The quantitative estimate of drug-likeness (QED) is 0.193. The molecule has 7 aromatic rings. The molecule has 33 heavy (non-hydrogen) atoms. The van der Waals surface area contributed by atoms with Crippen LogP contribution in [0.4, 0.5) is 0 Å². The molecule has 0 N–H and O–H groups in total. The Morgan fingerprint density at radius 1 is 0.576 bits per heavy atom. The first-order valence-corrected chi connectivity index (χ1v) is 11.3. The van der Waals surface area contributed by atoms with Gasteiger partial charge in [0, 0.05) is 23.4 Å². The number of pyridine rings is 1. The van der Waals surface area contributed by atoms with Gasteiger partial charge in [-0.15, -0.1) is 0 Å². The normalized spacial score (nSPS) is 12.7. The van der Waals surface area contributed by atoms with E-state index >= 15 is 0 Å². The van der Waals surface area contributed by atoms with Gasteiger partial charge in [0.1, 0.15) is 0 Å². The van der Waals surface area contributed by atoms with Crippen LogP contribution in [0.5, 0.6) is 0 Å². The Morgan fingerprint density at radius 2 is 1.39 bits per heavy atom. The van der Waals surface area contributed by atoms with Gasteiger partial charge in [0.15, 0.2) is 0 Å². The molecule has 0 unspecified atom stereocenters. The van der Waals surface area contributed by atoms with Crippen LogP contribution in [-0.4, -0.2) is 15.0 Å². The van der Waals surface area contributed by atoms with E-state index in [0.29, 0.717) is 0 Å². The van der Waals surface area contributed by atoms with E-state index in [1.807, 2.05) is 6.20 Å². The molecule has 0 radical (unpaired) electrons. The third-order valence-corrected chi connectivity index (χ3v) is 7.06. The van der Waals surface area contributed by atoms with Gasteiger partial charge >= 0.3 is 0 Å². The highest BCUT2D eigenvalue weighted by Gasteiger charge is 2.22. The van der Waals surface area contributed by atoms with Crippen LogP contribution in [-0.2, 0) is 6.42 Å². The van der Waals surface area contributed by atoms with Crippen LogP contribution in [0.1, 0.15) is 11.1 Å². The van der Waals surface area contributed by atoms with E-state index < -0.39 is 0 Å². The number of hydrogen-bond acceptors (Lipinski definition) is 3. The lowest BCUT2D eigenvalue weighted by atomic mass is 9.84. The van der Waals surface area contributed by atoms with Crippen molar-refractivity contribution >= 4 is 54.5 Å². The Labute approximate surface area is 189 Å². The molecule has 3 nitrogen and oxygen atoms in total. The van der Waals surface area contributed by atoms with Gasteiger partial charge in [0.2, 0.25) is 0 Å². The van der Waals surface area contributed by atoms with E-state index in [1.165, 1.54) is 43.8 Å². The molecule has 0 bridgehead atoms. The molecule has 0 saturated carbocycles. The van der Waals surface area contributed by atoms with Gasteiger partial charge in [-0.3, -0.25) is 4.98 Å². The summed E-state index contributed by atoms with van der Waals surface area (Å²) in [4.78, 5) is 15.1. The summed E-state index contributed by atoms with van der Waals surface area (Å²) < 4.78 is 0. The van der Waals surface area contributed by atoms with Crippen LogP contribution in [0, 0.1) is 0 Å². The van der Waals surface area contributed by atoms with Crippen LogP contribution < -0.4 is 0 Å². The van der Waals surface area contributed by atoms with E-state index in [2.05, 4.69) is 84.9 Å². The van der Waals surface area contributed by atoms with E-state index in [-0.39, 0.29) is 0 Å². The maximum atomic E-state index is 5.19. The monoisotopic (exact) mass is 419 g/mol. The zero-order valence-electron chi connectivity index (χ0n) is 17.7. The first-order chi connectivity index (χ1) is 16.3. The van der Waals surface area contributed by atoms with Gasteiger partial charge in [-0.1, -0.05) is 54.6 Å². The number of benzene rings is 5. The van der Waals surface area contributed by atoms with Gasteiger partial charge in [-0.05, 0) is 68.7 Å². The Morgan fingerprint density at radius 3 is 2.33 bits per heavy atom. The molecule has 0 aliphatic heterocycles. The van der Waals surface area contributed by atoms with Crippen molar-refractivity contribution < 1.29 is 0 Å². The summed E-state index contributed by atoms with van der Waals surface area (Å²) in [6.07, 6.45) is 2.76. The van der Waals surface area contributed by atoms with Crippen molar-refractivity contribution in [3.63, 3.8) is 0 Å². The summed E-state index contributed by atoms with van der Waals surface area (Å²) >= 11 is 0. The van der Waals surface area contributed by atoms with Crippen LogP contribution in [0.2, 0.25) is 0 Å². The van der Waals surface area contributed by atoms with Crippen molar-refractivity contribution in [1.29, 1.82) is 0 Å². The zero-order chi connectivity index (χ0) is 21.5. The van der Waals surface area contributed by atoms with Crippen molar-refractivity contribution in [3.05, 3.63) is 102 Å². The van der Waals surface area contributed by atoms with Crippen LogP contribution in [0.3, 0.4) is 0 Å². The number of nitrogens with zero attached hydrogens (tertiary/aromatic N) is 3. The largest absolute Gasteiger partial charge is 0.256 e. The Hall–Kier alpha value is -4.37. The lowest BCUT2D eigenvalue weighted by molar-refractivity contribution is 1.19. The maximum Gasteiger partial charge on any atom is 0.0973 e. The summed E-state index contributed by atoms with van der Waals surface area (Å²) in [5.41, 5.74) is 9.87. The van der Waals surface area contributed by atoms with Gasteiger partial charge in [-0.2, -0.15) is 0 Å². The second kappa shape index (κ2) is 6.11. The smallest absolute Gasteiger partial charge is 0.0973 e. The minimum absolute atomic E-state index is 0.848. The minimum atomic E-state index is 0.848. The third kappa shape index (κ3) is 2.31. The maximum absolute atomic E-state index is 5.19. The summed E-state index contributed by atoms with van der Waals surface area (Å²) in [6, 6.07) is 30.1. The molecule has 0 atom stereocenters. The van der Waals surface area contributed by atoms with Gasteiger partial charge in [0.25, 0.3) is 0 Å². The topological polar surface area (TPSA) is 38.7 Å². The highest BCUT2D eigenvalue weighted by Crippen LogP contribution is 2.41. The summed E-state index contributed by atoms with van der Waals surface area (Å²) in [7, 11) is 0. The summed E-state index contributed by atoms with van der Waals surface area (Å²) in [5.74, 6) is 0. The molecule has 1 aliphatic rings. The predicted octanol–water partition coefficient (Wildman–Crippen LogP) is 7.21. The van der Waals surface area contributed by atoms with Gasteiger partial charge in [-0.25, -0.2) is 9.97 Å². The number of fused-ring (bicyclic) bond motifs is 8. The molecular weight excluding hydrogens is 402 g/mol. The SMILES string of the molecule is c1ccc2c(c1)Cc1c3nc4ccc5cc6ccccc6cc5c4nc3cc3nccc-2c13. The fourth-order valence-electron chi connectivity index (χ4n) is 5.54. The van der Waals surface area contributed by atoms with Crippen LogP contribution in [0.15, 0.2) is 91.1 Å². The molecule has 0 fully saturated rings. The van der Waals surface area contributed by atoms with Gasteiger partial charge < -0.3 is 0 Å².